The van der Waals surface area contributed by atoms with Crippen LogP contribution in [-0.2, 0) is 0 Å². The molecule has 2 aromatic rings. The molecule has 1 aromatic heterocycles. The van der Waals surface area contributed by atoms with Crippen molar-refractivity contribution in [2.24, 2.45) is 0 Å². The van der Waals surface area contributed by atoms with E-state index in [1.165, 1.54) is 11.3 Å². The van der Waals surface area contributed by atoms with Crippen LogP contribution in [0.3, 0.4) is 0 Å². The third-order valence-electron chi connectivity index (χ3n) is 4.25. The Bertz CT molecular complexity index is 734. The number of carbonyl (C=O) groups is 2. The van der Waals surface area contributed by atoms with Gasteiger partial charge in [0.15, 0.2) is 0 Å². The molecule has 0 unspecified atom stereocenters. The van der Waals surface area contributed by atoms with Gasteiger partial charge in [0.1, 0.15) is 4.88 Å². The lowest BCUT2D eigenvalue weighted by molar-refractivity contribution is 0.0702. The van der Waals surface area contributed by atoms with Crippen LogP contribution in [0.2, 0.25) is 0 Å². The van der Waals surface area contributed by atoms with Crippen molar-refractivity contribution in [1.29, 1.82) is 0 Å². The van der Waals surface area contributed by atoms with Crippen LogP contribution in [0.1, 0.15) is 43.6 Å². The van der Waals surface area contributed by atoms with Crippen molar-refractivity contribution in [3.8, 4) is 0 Å². The first-order valence-corrected chi connectivity index (χ1v) is 8.95. The summed E-state index contributed by atoms with van der Waals surface area (Å²) in [5, 5.41) is 3.98. The van der Waals surface area contributed by atoms with Gasteiger partial charge in [-0.1, -0.05) is 18.2 Å². The van der Waals surface area contributed by atoms with E-state index in [-0.39, 0.29) is 17.9 Å². The number of benzene rings is 1. The molecular formula is C18H21N3O2S. The van der Waals surface area contributed by atoms with E-state index in [0.717, 1.165) is 28.4 Å². The van der Waals surface area contributed by atoms with Crippen LogP contribution in [-0.4, -0.2) is 40.8 Å². The highest BCUT2D eigenvalue weighted by Gasteiger charge is 2.26. The molecule has 0 saturated carbocycles. The number of carbonyl (C=O) groups excluding carboxylic acids is 2. The predicted octanol–water partition coefficient (Wildman–Crippen LogP) is 2.79. The summed E-state index contributed by atoms with van der Waals surface area (Å²) in [5.74, 6) is 0.0141. The first-order chi connectivity index (χ1) is 11.5. The summed E-state index contributed by atoms with van der Waals surface area (Å²) >= 11 is 1.45. The average Bonchev–Trinajstić information content (AvgIpc) is 2.94. The number of likely N-dealkylation sites (tertiary alicyclic amines) is 1. The first-order valence-electron chi connectivity index (χ1n) is 8.14. The summed E-state index contributed by atoms with van der Waals surface area (Å²) in [6.45, 7) is 5.12. The molecule has 0 aliphatic carbocycles. The van der Waals surface area contributed by atoms with E-state index in [2.05, 4.69) is 10.3 Å². The summed E-state index contributed by atoms with van der Waals surface area (Å²) in [6.07, 6.45) is 1.56. The quantitative estimate of drug-likeness (QED) is 0.932. The van der Waals surface area contributed by atoms with Gasteiger partial charge >= 0.3 is 0 Å². The van der Waals surface area contributed by atoms with E-state index in [0.29, 0.717) is 18.7 Å². The van der Waals surface area contributed by atoms with E-state index < -0.39 is 0 Å². The fourth-order valence-electron chi connectivity index (χ4n) is 2.96. The molecule has 6 heteroatoms. The van der Waals surface area contributed by atoms with Crippen LogP contribution in [0.25, 0.3) is 0 Å². The maximum absolute atomic E-state index is 12.6. The summed E-state index contributed by atoms with van der Waals surface area (Å²) in [7, 11) is 0. The smallest absolute Gasteiger partial charge is 0.265 e. The molecule has 126 valence electrons. The fourth-order valence-corrected chi connectivity index (χ4v) is 3.85. The van der Waals surface area contributed by atoms with Crippen molar-refractivity contribution in [2.45, 2.75) is 32.7 Å². The van der Waals surface area contributed by atoms with Crippen molar-refractivity contribution in [2.75, 3.05) is 13.1 Å². The summed E-state index contributed by atoms with van der Waals surface area (Å²) < 4.78 is 0. The Kier molecular flexibility index (Phi) is 4.94. The molecule has 0 atom stereocenters. The number of thiazole rings is 1. The van der Waals surface area contributed by atoms with Gasteiger partial charge in [-0.2, -0.15) is 0 Å². The summed E-state index contributed by atoms with van der Waals surface area (Å²) in [6, 6.07) is 9.34. The van der Waals surface area contributed by atoms with Crippen LogP contribution < -0.4 is 5.32 Å². The molecule has 0 spiro atoms. The van der Waals surface area contributed by atoms with E-state index in [4.69, 9.17) is 0 Å². The molecule has 1 saturated heterocycles. The Hall–Kier alpha value is -2.21. The molecule has 0 bridgehead atoms. The lowest BCUT2D eigenvalue weighted by Gasteiger charge is -2.32. The largest absolute Gasteiger partial charge is 0.349 e. The molecule has 24 heavy (non-hydrogen) atoms. The fraction of sp³-hybridized carbons (Fsp3) is 0.389. The second-order valence-electron chi connectivity index (χ2n) is 6.05. The van der Waals surface area contributed by atoms with Gasteiger partial charge in [0.05, 0.1) is 10.7 Å². The van der Waals surface area contributed by atoms with Gasteiger partial charge in [-0.25, -0.2) is 4.98 Å². The van der Waals surface area contributed by atoms with Gasteiger partial charge in [-0.05, 0) is 38.8 Å². The predicted molar refractivity (Wildman–Crippen MR) is 94.4 cm³/mol. The zero-order chi connectivity index (χ0) is 17.1. The summed E-state index contributed by atoms with van der Waals surface area (Å²) in [5.41, 5.74) is 1.48. The second kappa shape index (κ2) is 7.13. The van der Waals surface area contributed by atoms with Crippen LogP contribution in [0, 0.1) is 13.8 Å². The molecule has 1 aliphatic heterocycles. The number of aromatic nitrogens is 1. The molecule has 1 N–H and O–H groups in total. The van der Waals surface area contributed by atoms with Crippen LogP contribution >= 0.6 is 11.3 Å². The first kappa shape index (κ1) is 16.6. The van der Waals surface area contributed by atoms with Gasteiger partial charge in [-0.15, -0.1) is 11.3 Å². The molecule has 1 fully saturated rings. The Morgan fingerprint density at radius 1 is 1.17 bits per heavy atom. The highest BCUT2D eigenvalue weighted by atomic mass is 32.1. The van der Waals surface area contributed by atoms with Crippen molar-refractivity contribution < 1.29 is 9.59 Å². The molecule has 0 radical (unpaired) electrons. The zero-order valence-corrected chi connectivity index (χ0v) is 14.7. The number of nitrogens with one attached hydrogen (secondary N) is 1. The van der Waals surface area contributed by atoms with Gasteiger partial charge in [0.25, 0.3) is 11.8 Å². The maximum atomic E-state index is 12.6. The van der Waals surface area contributed by atoms with Gasteiger partial charge in [-0.3, -0.25) is 9.59 Å². The van der Waals surface area contributed by atoms with Crippen LogP contribution in [0.5, 0.6) is 0 Å². The molecule has 3 rings (SSSR count). The van der Waals surface area contributed by atoms with Gasteiger partial charge in [0.2, 0.25) is 0 Å². The second-order valence-corrected chi connectivity index (χ2v) is 7.26. The number of nitrogens with zero attached hydrogens (tertiary/aromatic N) is 2. The Morgan fingerprint density at radius 3 is 2.42 bits per heavy atom. The average molecular weight is 343 g/mol. The highest BCUT2D eigenvalue weighted by Crippen LogP contribution is 2.21. The molecule has 5 nitrogen and oxygen atoms in total. The van der Waals surface area contributed by atoms with Crippen molar-refractivity contribution >= 4 is 23.2 Å². The van der Waals surface area contributed by atoms with Crippen molar-refractivity contribution in [3.63, 3.8) is 0 Å². The lowest BCUT2D eigenvalue weighted by Crippen LogP contribution is -2.46. The van der Waals surface area contributed by atoms with Crippen molar-refractivity contribution in [1.82, 2.24) is 15.2 Å². The number of piperidine rings is 1. The van der Waals surface area contributed by atoms with Crippen LogP contribution in [0.4, 0.5) is 0 Å². The molecule has 2 heterocycles. The molecule has 1 aliphatic rings. The minimum absolute atomic E-state index is 0.0469. The van der Waals surface area contributed by atoms with E-state index in [9.17, 15) is 9.59 Å². The Labute approximate surface area is 145 Å². The Balaban J connectivity index is 1.55. The third-order valence-corrected chi connectivity index (χ3v) is 5.31. The molecule has 1 aromatic carbocycles. The number of aryl methyl sites for hydroxylation is 2. The monoisotopic (exact) mass is 343 g/mol. The zero-order valence-electron chi connectivity index (χ0n) is 13.9. The standard InChI is InChI=1S/C18H21N3O2S/c1-12-16(24-13(2)19-12)18(23)21-10-8-15(9-11-21)20-17(22)14-6-4-3-5-7-14/h3-7,15H,8-11H2,1-2H3,(H,20,22). The maximum Gasteiger partial charge on any atom is 0.265 e. The van der Waals surface area contributed by atoms with Crippen molar-refractivity contribution in [3.05, 3.63) is 51.5 Å². The molecular weight excluding hydrogens is 322 g/mol. The topological polar surface area (TPSA) is 62.3 Å². The van der Waals surface area contributed by atoms with Crippen LogP contribution in [0.15, 0.2) is 30.3 Å². The van der Waals surface area contributed by atoms with Gasteiger partial charge < -0.3 is 10.2 Å². The highest BCUT2D eigenvalue weighted by molar-refractivity contribution is 7.13. The number of amides is 2. The van der Waals surface area contributed by atoms with Gasteiger partial charge in [0, 0.05) is 24.7 Å². The minimum atomic E-state index is -0.0469. The number of hydrogen-bond acceptors (Lipinski definition) is 4. The Morgan fingerprint density at radius 2 is 1.83 bits per heavy atom. The molecule has 2 amide bonds. The van der Waals surface area contributed by atoms with E-state index in [1.54, 1.807) is 0 Å². The van der Waals surface area contributed by atoms with E-state index >= 15 is 0 Å². The SMILES string of the molecule is Cc1nc(C)c(C(=O)N2CCC(NC(=O)c3ccccc3)CC2)s1. The number of hydrogen-bond donors (Lipinski definition) is 1. The number of rotatable bonds is 3. The van der Waals surface area contributed by atoms with E-state index in [1.807, 2.05) is 49.1 Å². The lowest BCUT2D eigenvalue weighted by atomic mass is 10.0. The minimum Gasteiger partial charge on any atom is -0.349 e. The summed E-state index contributed by atoms with van der Waals surface area (Å²) in [4.78, 5) is 31.7. The third kappa shape index (κ3) is 3.64. The normalized spacial score (nSPS) is 15.3.